The van der Waals surface area contributed by atoms with E-state index in [9.17, 15) is 9.59 Å². The predicted octanol–water partition coefficient (Wildman–Crippen LogP) is 5.29. The standard InChI is InChI=1S/C26H28ClN5O2/c1-31(23(18-32-14-5-6-15-32)19-8-3-2-4-9-19)26(34)29-22-11-7-10-20(16-22)25(33)30-24-13-12-21(27)17-28-24/h2-4,7-13,16-17,23H,5-6,14-15,18H2,1H3,(H,29,34)(H,28,30,33)/t23-/m0/s1. The van der Waals surface area contributed by atoms with Crippen LogP contribution in [0.5, 0.6) is 0 Å². The van der Waals surface area contributed by atoms with E-state index in [1.54, 1.807) is 41.3 Å². The van der Waals surface area contributed by atoms with Gasteiger partial charge in [-0.1, -0.05) is 48.0 Å². The van der Waals surface area contributed by atoms with Crippen LogP contribution in [0.3, 0.4) is 0 Å². The maximum absolute atomic E-state index is 13.2. The largest absolute Gasteiger partial charge is 0.322 e. The van der Waals surface area contributed by atoms with E-state index < -0.39 is 0 Å². The summed E-state index contributed by atoms with van der Waals surface area (Å²) >= 11 is 5.85. The normalized spacial score (nSPS) is 14.4. The van der Waals surface area contributed by atoms with Crippen molar-refractivity contribution in [1.82, 2.24) is 14.8 Å². The van der Waals surface area contributed by atoms with Crippen molar-refractivity contribution in [2.45, 2.75) is 18.9 Å². The number of likely N-dealkylation sites (N-methyl/N-ethyl adjacent to an activating group) is 1. The number of halogens is 1. The number of benzene rings is 2. The molecule has 1 atom stereocenters. The minimum Gasteiger partial charge on any atom is -0.319 e. The van der Waals surface area contributed by atoms with Crippen LogP contribution in [0, 0.1) is 0 Å². The van der Waals surface area contributed by atoms with Gasteiger partial charge in [0.2, 0.25) is 0 Å². The summed E-state index contributed by atoms with van der Waals surface area (Å²) in [4.78, 5) is 34.0. The molecule has 8 heteroatoms. The third-order valence-corrected chi connectivity index (χ3v) is 6.17. The van der Waals surface area contributed by atoms with Gasteiger partial charge in [0.05, 0.1) is 11.1 Å². The minimum absolute atomic E-state index is 0.0817. The van der Waals surface area contributed by atoms with Crippen LogP contribution in [0.15, 0.2) is 72.9 Å². The number of amides is 3. The molecule has 1 saturated heterocycles. The number of hydrogen-bond donors (Lipinski definition) is 2. The van der Waals surface area contributed by atoms with Crippen LogP contribution in [-0.4, -0.2) is 53.4 Å². The Hall–Kier alpha value is -3.42. The van der Waals surface area contributed by atoms with Gasteiger partial charge >= 0.3 is 6.03 Å². The van der Waals surface area contributed by atoms with Gasteiger partial charge in [-0.2, -0.15) is 0 Å². The van der Waals surface area contributed by atoms with Crippen LogP contribution >= 0.6 is 11.6 Å². The first kappa shape index (κ1) is 23.7. The number of carbonyl (C=O) groups is 2. The van der Waals surface area contributed by atoms with Gasteiger partial charge in [0.1, 0.15) is 5.82 Å². The summed E-state index contributed by atoms with van der Waals surface area (Å²) in [7, 11) is 1.81. The van der Waals surface area contributed by atoms with E-state index >= 15 is 0 Å². The zero-order chi connectivity index (χ0) is 23.9. The summed E-state index contributed by atoms with van der Waals surface area (Å²) in [5, 5.41) is 6.16. The number of aromatic nitrogens is 1. The molecule has 0 radical (unpaired) electrons. The maximum Gasteiger partial charge on any atom is 0.322 e. The molecular weight excluding hydrogens is 450 g/mol. The van der Waals surface area contributed by atoms with Crippen molar-refractivity contribution in [3.63, 3.8) is 0 Å². The summed E-state index contributed by atoms with van der Waals surface area (Å²) in [6.07, 6.45) is 3.85. The first-order chi connectivity index (χ1) is 16.5. The van der Waals surface area contributed by atoms with Crippen molar-refractivity contribution in [1.29, 1.82) is 0 Å². The number of urea groups is 1. The van der Waals surface area contributed by atoms with Crippen molar-refractivity contribution in [3.8, 4) is 0 Å². The highest BCUT2D eigenvalue weighted by Crippen LogP contribution is 2.24. The Kier molecular flexibility index (Phi) is 7.77. The Morgan fingerprint density at radius 1 is 1.03 bits per heavy atom. The summed E-state index contributed by atoms with van der Waals surface area (Å²) < 4.78 is 0. The fraction of sp³-hybridized carbons (Fsp3) is 0.269. The Bertz CT molecular complexity index is 1120. The second-order valence-electron chi connectivity index (χ2n) is 8.37. The van der Waals surface area contributed by atoms with Gasteiger partial charge in [-0.05, 0) is 61.8 Å². The lowest BCUT2D eigenvalue weighted by molar-refractivity contribution is 0.102. The molecule has 0 unspecified atom stereocenters. The average molecular weight is 478 g/mol. The van der Waals surface area contributed by atoms with Gasteiger partial charge in [-0.25, -0.2) is 9.78 Å². The molecule has 0 bridgehead atoms. The maximum atomic E-state index is 13.2. The molecule has 176 valence electrons. The lowest BCUT2D eigenvalue weighted by Gasteiger charge is -2.32. The predicted molar refractivity (Wildman–Crippen MR) is 135 cm³/mol. The number of nitrogens with one attached hydrogen (secondary N) is 2. The monoisotopic (exact) mass is 477 g/mol. The second kappa shape index (κ2) is 11.1. The highest BCUT2D eigenvalue weighted by Gasteiger charge is 2.25. The van der Waals surface area contributed by atoms with E-state index in [4.69, 9.17) is 11.6 Å². The van der Waals surface area contributed by atoms with Gasteiger partial charge < -0.3 is 20.4 Å². The number of carbonyl (C=O) groups excluding carboxylic acids is 2. The van der Waals surface area contributed by atoms with Crippen molar-refractivity contribution < 1.29 is 9.59 Å². The van der Waals surface area contributed by atoms with E-state index in [-0.39, 0.29) is 18.0 Å². The average Bonchev–Trinajstić information content (AvgIpc) is 3.37. The summed E-state index contributed by atoms with van der Waals surface area (Å²) in [5.74, 6) is 0.0756. The molecule has 0 saturated carbocycles. The van der Waals surface area contributed by atoms with Crippen molar-refractivity contribution in [3.05, 3.63) is 89.1 Å². The molecule has 1 fully saturated rings. The van der Waals surface area contributed by atoms with Crippen molar-refractivity contribution in [2.24, 2.45) is 0 Å². The SMILES string of the molecule is CN(C(=O)Nc1cccc(C(=O)Nc2ccc(Cl)cn2)c1)[C@@H](CN1CCCC1)c1ccccc1. The van der Waals surface area contributed by atoms with Crippen LogP contribution in [0.2, 0.25) is 5.02 Å². The lowest BCUT2D eigenvalue weighted by atomic mass is 10.1. The molecule has 3 aromatic rings. The van der Waals surface area contributed by atoms with E-state index in [0.717, 1.165) is 25.2 Å². The molecule has 2 aromatic carbocycles. The molecule has 4 rings (SSSR count). The molecule has 34 heavy (non-hydrogen) atoms. The minimum atomic E-state index is -0.324. The molecule has 1 aliphatic heterocycles. The number of nitrogens with zero attached hydrogens (tertiary/aromatic N) is 3. The Labute approximate surface area is 204 Å². The number of likely N-dealkylation sites (tertiary alicyclic amines) is 1. The van der Waals surface area contributed by atoms with E-state index in [1.165, 1.54) is 19.0 Å². The van der Waals surface area contributed by atoms with Crippen LogP contribution in [0.25, 0.3) is 0 Å². The first-order valence-corrected chi connectivity index (χ1v) is 11.7. The first-order valence-electron chi connectivity index (χ1n) is 11.3. The molecule has 2 heterocycles. The van der Waals surface area contributed by atoms with Crippen molar-refractivity contribution in [2.75, 3.05) is 37.3 Å². The molecular formula is C26H28ClN5O2. The van der Waals surface area contributed by atoms with E-state index in [0.29, 0.717) is 22.1 Å². The summed E-state index contributed by atoms with van der Waals surface area (Å²) in [6, 6.07) is 19.9. The second-order valence-corrected chi connectivity index (χ2v) is 8.81. The number of pyridine rings is 1. The van der Waals surface area contributed by atoms with Crippen LogP contribution in [-0.2, 0) is 0 Å². The summed E-state index contributed by atoms with van der Waals surface area (Å²) in [5.41, 5.74) is 2.05. The zero-order valence-corrected chi connectivity index (χ0v) is 19.8. The van der Waals surface area contributed by atoms with Gasteiger partial charge in [-0.15, -0.1) is 0 Å². The lowest BCUT2D eigenvalue weighted by Crippen LogP contribution is -2.40. The van der Waals surface area contributed by atoms with Crippen LogP contribution in [0.4, 0.5) is 16.3 Å². The van der Waals surface area contributed by atoms with Crippen molar-refractivity contribution >= 4 is 35.0 Å². The van der Waals surface area contributed by atoms with Crippen LogP contribution < -0.4 is 10.6 Å². The fourth-order valence-corrected chi connectivity index (χ4v) is 4.18. The van der Waals surface area contributed by atoms with Crippen LogP contribution in [0.1, 0.15) is 34.8 Å². The fourth-order valence-electron chi connectivity index (χ4n) is 4.07. The van der Waals surface area contributed by atoms with E-state index in [2.05, 4.69) is 32.7 Å². The third-order valence-electron chi connectivity index (χ3n) is 5.95. The van der Waals surface area contributed by atoms with Gasteiger partial charge in [-0.3, -0.25) is 4.79 Å². The molecule has 0 aliphatic carbocycles. The highest BCUT2D eigenvalue weighted by atomic mass is 35.5. The quantitative estimate of drug-likeness (QED) is 0.484. The zero-order valence-electron chi connectivity index (χ0n) is 19.1. The number of rotatable bonds is 7. The topological polar surface area (TPSA) is 77.6 Å². The molecule has 1 aromatic heterocycles. The molecule has 3 amide bonds. The smallest absolute Gasteiger partial charge is 0.319 e. The van der Waals surface area contributed by atoms with Gasteiger partial charge in [0, 0.05) is 31.0 Å². The Morgan fingerprint density at radius 2 is 1.79 bits per heavy atom. The Balaban J connectivity index is 1.45. The van der Waals surface area contributed by atoms with E-state index in [1.807, 2.05) is 25.2 Å². The third kappa shape index (κ3) is 6.12. The highest BCUT2D eigenvalue weighted by molar-refractivity contribution is 6.30. The molecule has 2 N–H and O–H groups in total. The van der Waals surface area contributed by atoms with Gasteiger partial charge in [0.15, 0.2) is 0 Å². The summed E-state index contributed by atoms with van der Waals surface area (Å²) in [6.45, 7) is 2.89. The molecule has 1 aliphatic rings. The molecule has 7 nitrogen and oxygen atoms in total. The Morgan fingerprint density at radius 3 is 2.50 bits per heavy atom. The molecule has 0 spiro atoms. The van der Waals surface area contributed by atoms with Gasteiger partial charge in [0.25, 0.3) is 5.91 Å². The number of anilines is 2. The number of hydrogen-bond acceptors (Lipinski definition) is 4.